The molecule has 2 N–H and O–H groups in total. The molecular weight excluding hydrogens is 501 g/mol. The van der Waals surface area contributed by atoms with Crippen molar-refractivity contribution in [3.63, 3.8) is 0 Å². The molecule has 5 rings (SSSR count). The summed E-state index contributed by atoms with van der Waals surface area (Å²) in [5.74, 6) is -3.97. The minimum atomic E-state index is -3.70. The third kappa shape index (κ3) is 4.83. The summed E-state index contributed by atoms with van der Waals surface area (Å²) in [5, 5.41) is 21.3. The Labute approximate surface area is 218 Å². The molecule has 0 radical (unpaired) electrons. The van der Waals surface area contributed by atoms with E-state index in [9.17, 15) is 8.78 Å². The van der Waals surface area contributed by atoms with Crippen LogP contribution in [0.2, 0.25) is 0 Å². The zero-order valence-electron chi connectivity index (χ0n) is 21.5. The highest BCUT2D eigenvalue weighted by molar-refractivity contribution is 5.93. The Hall–Kier alpha value is -3.22. The Morgan fingerprint density at radius 2 is 2.08 bits per heavy atom. The zero-order valence-corrected chi connectivity index (χ0v) is 21.5. The first-order valence-electron chi connectivity index (χ1n) is 12.6. The van der Waals surface area contributed by atoms with Crippen LogP contribution >= 0.6 is 0 Å². The largest absolute Gasteiger partial charge is 0.480 e. The summed E-state index contributed by atoms with van der Waals surface area (Å²) in [5.41, 5.74) is 1.11. The van der Waals surface area contributed by atoms with E-state index >= 15 is 4.39 Å². The van der Waals surface area contributed by atoms with Crippen LogP contribution in [0.4, 0.5) is 24.7 Å². The molecule has 0 saturated carbocycles. The number of benzene rings is 1. The molecule has 3 aromatic rings. The SMILES string of the molecule is COc1nc2c(C)nnc(N[C@H](C)c3cccc(C(F)(F)CO)c3F)c2cc1N1CCN2CCOC[C@@H]2C1. The minimum Gasteiger partial charge on any atom is -0.480 e. The molecular formula is C26H31F3N6O3. The fourth-order valence-corrected chi connectivity index (χ4v) is 5.15. The maximum Gasteiger partial charge on any atom is 0.298 e. The molecule has 0 amide bonds. The number of alkyl halides is 2. The van der Waals surface area contributed by atoms with Gasteiger partial charge in [0, 0.05) is 37.1 Å². The summed E-state index contributed by atoms with van der Waals surface area (Å²) in [6.45, 7) is 6.68. The van der Waals surface area contributed by atoms with Crippen molar-refractivity contribution in [3.05, 3.63) is 46.9 Å². The van der Waals surface area contributed by atoms with Crippen molar-refractivity contribution in [2.45, 2.75) is 31.9 Å². The number of anilines is 2. The van der Waals surface area contributed by atoms with E-state index in [1.54, 1.807) is 21.0 Å². The summed E-state index contributed by atoms with van der Waals surface area (Å²) >= 11 is 0. The lowest BCUT2D eigenvalue weighted by atomic mass is 10.00. The van der Waals surface area contributed by atoms with Gasteiger partial charge in [-0.15, -0.1) is 5.10 Å². The lowest BCUT2D eigenvalue weighted by molar-refractivity contribution is -0.0583. The summed E-state index contributed by atoms with van der Waals surface area (Å²) in [4.78, 5) is 9.37. The van der Waals surface area contributed by atoms with Gasteiger partial charge in [-0.3, -0.25) is 4.90 Å². The average Bonchev–Trinajstić information content (AvgIpc) is 2.93. The number of hydrogen-bond acceptors (Lipinski definition) is 9. The molecule has 12 heteroatoms. The fraction of sp³-hybridized carbons (Fsp3) is 0.500. The first-order chi connectivity index (χ1) is 18.2. The average molecular weight is 533 g/mol. The van der Waals surface area contributed by atoms with Crippen LogP contribution in [0, 0.1) is 12.7 Å². The van der Waals surface area contributed by atoms with Crippen molar-refractivity contribution in [2.75, 3.05) is 63.3 Å². The van der Waals surface area contributed by atoms with Crippen molar-refractivity contribution in [2.24, 2.45) is 0 Å². The van der Waals surface area contributed by atoms with E-state index in [1.165, 1.54) is 12.1 Å². The second-order valence-electron chi connectivity index (χ2n) is 9.70. The van der Waals surface area contributed by atoms with Crippen molar-refractivity contribution >= 4 is 22.4 Å². The molecule has 9 nitrogen and oxygen atoms in total. The molecule has 2 fully saturated rings. The number of halogens is 3. The van der Waals surface area contributed by atoms with Gasteiger partial charge in [0.05, 0.1) is 43.7 Å². The Kier molecular flexibility index (Phi) is 7.30. The van der Waals surface area contributed by atoms with Crippen LogP contribution in [0.25, 0.3) is 10.9 Å². The van der Waals surface area contributed by atoms with Gasteiger partial charge in [0.25, 0.3) is 5.92 Å². The standard InChI is InChI=1S/C26H31F3N6O3/c1-15(18-5-4-6-20(22(18)27)26(28,29)14-36)30-24-19-11-21(25(37-3)31-23(19)16(2)32-33-24)35-8-7-34-9-10-38-13-17(34)12-35/h4-6,11,15,17,36H,7-10,12-14H2,1-3H3,(H,30,33)/t15-,17+/m1/s1. The number of ether oxygens (including phenoxy) is 2. The molecule has 2 aromatic heterocycles. The molecule has 2 saturated heterocycles. The number of piperazine rings is 1. The highest BCUT2D eigenvalue weighted by Crippen LogP contribution is 2.37. The second kappa shape index (κ2) is 10.5. The van der Waals surface area contributed by atoms with Crippen molar-refractivity contribution in [3.8, 4) is 5.88 Å². The summed E-state index contributed by atoms with van der Waals surface area (Å²) < 4.78 is 54.6. The summed E-state index contributed by atoms with van der Waals surface area (Å²) in [6, 6.07) is 5.20. The molecule has 0 bridgehead atoms. The van der Waals surface area contributed by atoms with Crippen molar-refractivity contribution < 1.29 is 27.8 Å². The predicted molar refractivity (Wildman–Crippen MR) is 136 cm³/mol. The number of aromatic nitrogens is 3. The van der Waals surface area contributed by atoms with Crippen LogP contribution < -0.4 is 15.0 Å². The van der Waals surface area contributed by atoms with E-state index in [-0.39, 0.29) is 11.6 Å². The predicted octanol–water partition coefficient (Wildman–Crippen LogP) is 3.26. The number of fused-ring (bicyclic) bond motifs is 2. The number of rotatable bonds is 7. The zero-order chi connectivity index (χ0) is 27.0. The van der Waals surface area contributed by atoms with Gasteiger partial charge in [0.15, 0.2) is 5.82 Å². The second-order valence-corrected chi connectivity index (χ2v) is 9.70. The van der Waals surface area contributed by atoms with Gasteiger partial charge in [-0.25, -0.2) is 9.37 Å². The van der Waals surface area contributed by atoms with Gasteiger partial charge < -0.3 is 24.8 Å². The Balaban J connectivity index is 1.51. The molecule has 0 aliphatic carbocycles. The molecule has 38 heavy (non-hydrogen) atoms. The van der Waals surface area contributed by atoms with Crippen LogP contribution in [0.5, 0.6) is 5.88 Å². The Morgan fingerprint density at radius 1 is 1.26 bits per heavy atom. The van der Waals surface area contributed by atoms with E-state index in [2.05, 4.69) is 25.3 Å². The van der Waals surface area contributed by atoms with E-state index in [1.807, 2.05) is 6.07 Å². The maximum absolute atomic E-state index is 15.1. The number of nitrogens with zero attached hydrogens (tertiary/aromatic N) is 5. The molecule has 1 aromatic carbocycles. The number of hydrogen-bond donors (Lipinski definition) is 2. The Bertz CT molecular complexity index is 1330. The smallest absolute Gasteiger partial charge is 0.298 e. The molecule has 0 unspecified atom stereocenters. The van der Waals surface area contributed by atoms with Gasteiger partial charge in [-0.05, 0) is 26.0 Å². The molecule has 4 heterocycles. The highest BCUT2D eigenvalue weighted by Gasteiger charge is 2.35. The third-order valence-electron chi connectivity index (χ3n) is 7.28. The van der Waals surface area contributed by atoms with Gasteiger partial charge in [0.2, 0.25) is 5.88 Å². The molecule has 2 aliphatic rings. The van der Waals surface area contributed by atoms with E-state index in [0.717, 1.165) is 44.5 Å². The van der Waals surface area contributed by atoms with Crippen LogP contribution in [0.1, 0.15) is 29.8 Å². The normalized spacial score (nSPS) is 19.3. The lowest BCUT2D eigenvalue weighted by Gasteiger charge is -2.44. The molecule has 204 valence electrons. The van der Waals surface area contributed by atoms with Crippen LogP contribution in [0.15, 0.2) is 24.3 Å². The highest BCUT2D eigenvalue weighted by atomic mass is 19.3. The number of aryl methyl sites for hydroxylation is 1. The fourth-order valence-electron chi connectivity index (χ4n) is 5.15. The number of morpholine rings is 1. The van der Waals surface area contributed by atoms with E-state index < -0.39 is 30.0 Å². The number of pyridine rings is 1. The van der Waals surface area contributed by atoms with Crippen molar-refractivity contribution in [1.29, 1.82) is 0 Å². The van der Waals surface area contributed by atoms with Crippen LogP contribution in [0.3, 0.4) is 0 Å². The monoisotopic (exact) mass is 532 g/mol. The molecule has 2 aliphatic heterocycles. The number of aliphatic hydroxyl groups is 1. The summed E-state index contributed by atoms with van der Waals surface area (Å²) in [7, 11) is 1.57. The Morgan fingerprint density at radius 3 is 2.84 bits per heavy atom. The van der Waals surface area contributed by atoms with Gasteiger partial charge in [-0.1, -0.05) is 12.1 Å². The number of aliphatic hydroxyl groups excluding tert-OH is 1. The minimum absolute atomic E-state index is 0.0151. The van der Waals surface area contributed by atoms with Gasteiger partial charge in [0.1, 0.15) is 23.6 Å². The molecule has 2 atom stereocenters. The summed E-state index contributed by atoms with van der Waals surface area (Å²) in [6.07, 6.45) is 0. The first kappa shape index (κ1) is 26.4. The van der Waals surface area contributed by atoms with Crippen LogP contribution in [-0.4, -0.2) is 84.3 Å². The third-order valence-corrected chi connectivity index (χ3v) is 7.28. The topological polar surface area (TPSA) is 95.9 Å². The first-order valence-corrected chi connectivity index (χ1v) is 12.6. The number of methoxy groups -OCH3 is 1. The lowest BCUT2D eigenvalue weighted by Crippen LogP contribution is -2.58. The quantitative estimate of drug-likeness (QED) is 0.475. The maximum atomic E-state index is 15.1. The number of nitrogens with one attached hydrogen (secondary N) is 1. The van der Waals surface area contributed by atoms with Gasteiger partial charge in [-0.2, -0.15) is 13.9 Å². The van der Waals surface area contributed by atoms with Crippen molar-refractivity contribution in [1.82, 2.24) is 20.1 Å². The van der Waals surface area contributed by atoms with Crippen LogP contribution in [-0.2, 0) is 10.7 Å². The van der Waals surface area contributed by atoms with E-state index in [0.29, 0.717) is 34.9 Å². The van der Waals surface area contributed by atoms with E-state index in [4.69, 9.17) is 19.6 Å². The molecule has 0 spiro atoms. The van der Waals surface area contributed by atoms with Gasteiger partial charge >= 0.3 is 0 Å².